The van der Waals surface area contributed by atoms with Gasteiger partial charge in [0.15, 0.2) is 0 Å². The molecule has 1 heterocycles. The summed E-state index contributed by atoms with van der Waals surface area (Å²) >= 11 is 0. The van der Waals surface area contributed by atoms with E-state index in [1.54, 1.807) is 0 Å². The minimum atomic E-state index is -0.689. The molecule has 1 aliphatic carbocycles. The van der Waals surface area contributed by atoms with E-state index in [0.717, 1.165) is 39.0 Å². The molecule has 0 radical (unpaired) electrons. The molecule has 2 aliphatic rings. The highest BCUT2D eigenvalue weighted by atomic mass is 16.5. The van der Waals surface area contributed by atoms with Gasteiger partial charge in [0, 0.05) is 30.4 Å². The van der Waals surface area contributed by atoms with Crippen LogP contribution in [0.5, 0.6) is 0 Å². The number of carboxylic acid groups (broad SMARTS) is 1. The minimum Gasteiger partial charge on any atom is -0.481 e. The highest BCUT2D eigenvalue weighted by molar-refractivity contribution is 5.66. The van der Waals surface area contributed by atoms with Crippen molar-refractivity contribution in [2.75, 3.05) is 19.7 Å². The van der Waals surface area contributed by atoms with E-state index >= 15 is 0 Å². The van der Waals surface area contributed by atoms with Crippen LogP contribution >= 0.6 is 0 Å². The highest BCUT2D eigenvalue weighted by Crippen LogP contribution is 2.54. The molecule has 1 N–H and O–H groups in total. The molecule has 2 fully saturated rings. The fraction of sp³-hybridized carbons (Fsp3) is 0.933. The van der Waals surface area contributed by atoms with Crippen molar-refractivity contribution in [1.82, 2.24) is 4.90 Å². The molecule has 0 aromatic heterocycles. The maximum absolute atomic E-state index is 10.7. The largest absolute Gasteiger partial charge is 0.481 e. The molecule has 3 atom stereocenters. The number of hydrogen-bond donors (Lipinski definition) is 1. The van der Waals surface area contributed by atoms with Crippen molar-refractivity contribution in [3.05, 3.63) is 0 Å². The first kappa shape index (κ1) is 14.8. The van der Waals surface area contributed by atoms with E-state index in [-0.39, 0.29) is 11.8 Å². The SMILES string of the molecule is CCCN(CCCC(=O)O)[C@@H]1[C@@H]2CCO[C@@H]2C1(C)C. The molecule has 1 saturated heterocycles. The fourth-order valence-corrected chi connectivity index (χ4v) is 4.15. The van der Waals surface area contributed by atoms with Crippen LogP contribution in [0.2, 0.25) is 0 Å². The van der Waals surface area contributed by atoms with Gasteiger partial charge >= 0.3 is 5.97 Å². The van der Waals surface area contributed by atoms with Crippen LogP contribution in [0.25, 0.3) is 0 Å². The molecular weight excluding hydrogens is 242 g/mol. The van der Waals surface area contributed by atoms with Crippen LogP contribution in [0, 0.1) is 11.3 Å². The third-order valence-electron chi connectivity index (χ3n) is 4.78. The van der Waals surface area contributed by atoms with Gasteiger partial charge in [0.2, 0.25) is 0 Å². The third-order valence-corrected chi connectivity index (χ3v) is 4.78. The highest BCUT2D eigenvalue weighted by Gasteiger charge is 2.60. The van der Waals surface area contributed by atoms with Crippen molar-refractivity contribution in [3.63, 3.8) is 0 Å². The summed E-state index contributed by atoms with van der Waals surface area (Å²) < 4.78 is 5.85. The summed E-state index contributed by atoms with van der Waals surface area (Å²) in [6.07, 6.45) is 3.73. The van der Waals surface area contributed by atoms with Gasteiger partial charge in [-0.25, -0.2) is 0 Å². The van der Waals surface area contributed by atoms with E-state index in [0.29, 0.717) is 18.1 Å². The lowest BCUT2D eigenvalue weighted by Crippen LogP contribution is -2.67. The van der Waals surface area contributed by atoms with Crippen molar-refractivity contribution in [2.45, 2.75) is 58.6 Å². The summed E-state index contributed by atoms with van der Waals surface area (Å²) in [5, 5.41) is 8.78. The first-order chi connectivity index (χ1) is 8.98. The number of aliphatic carboxylic acids is 1. The second kappa shape index (κ2) is 5.80. The Morgan fingerprint density at radius 1 is 1.42 bits per heavy atom. The fourth-order valence-electron chi connectivity index (χ4n) is 4.15. The van der Waals surface area contributed by atoms with Gasteiger partial charge in [-0.2, -0.15) is 0 Å². The summed E-state index contributed by atoms with van der Waals surface area (Å²) in [5.74, 6) is -0.0298. The first-order valence-corrected chi connectivity index (χ1v) is 7.56. The summed E-state index contributed by atoms with van der Waals surface area (Å²) in [7, 11) is 0. The summed E-state index contributed by atoms with van der Waals surface area (Å²) in [4.78, 5) is 13.2. The number of rotatable bonds is 7. The molecule has 19 heavy (non-hydrogen) atoms. The lowest BCUT2D eigenvalue weighted by molar-refractivity contribution is -0.156. The monoisotopic (exact) mass is 269 g/mol. The number of fused-ring (bicyclic) bond motifs is 1. The zero-order valence-corrected chi connectivity index (χ0v) is 12.4. The molecule has 0 spiro atoms. The molecule has 0 aromatic carbocycles. The van der Waals surface area contributed by atoms with Crippen LogP contribution in [0.15, 0.2) is 0 Å². The summed E-state index contributed by atoms with van der Waals surface area (Å²) in [6.45, 7) is 9.64. The Kier molecular flexibility index (Phi) is 4.51. The molecule has 0 bridgehead atoms. The second-order valence-corrected chi connectivity index (χ2v) is 6.54. The molecule has 0 unspecified atom stereocenters. The van der Waals surface area contributed by atoms with Crippen molar-refractivity contribution in [3.8, 4) is 0 Å². The molecule has 4 nitrogen and oxygen atoms in total. The second-order valence-electron chi connectivity index (χ2n) is 6.54. The zero-order valence-electron chi connectivity index (χ0n) is 12.4. The van der Waals surface area contributed by atoms with Crippen LogP contribution in [-0.4, -0.2) is 47.8 Å². The Hall–Kier alpha value is -0.610. The van der Waals surface area contributed by atoms with Crippen molar-refractivity contribution in [1.29, 1.82) is 0 Å². The number of nitrogens with zero attached hydrogens (tertiary/aromatic N) is 1. The van der Waals surface area contributed by atoms with Crippen molar-refractivity contribution >= 4 is 5.97 Å². The average molecular weight is 269 g/mol. The van der Waals surface area contributed by atoms with Crippen LogP contribution in [-0.2, 0) is 9.53 Å². The van der Waals surface area contributed by atoms with E-state index < -0.39 is 5.97 Å². The van der Waals surface area contributed by atoms with Crippen LogP contribution in [0.4, 0.5) is 0 Å². The maximum Gasteiger partial charge on any atom is 0.303 e. The summed E-state index contributed by atoms with van der Waals surface area (Å²) in [6, 6.07) is 0.564. The number of carboxylic acids is 1. The molecular formula is C15H27NO3. The average Bonchev–Trinajstić information content (AvgIpc) is 2.74. The number of ether oxygens (including phenoxy) is 1. The lowest BCUT2D eigenvalue weighted by atomic mass is 9.56. The predicted octanol–water partition coefficient (Wildman–Crippen LogP) is 2.38. The Balaban J connectivity index is 1.96. The molecule has 0 aromatic rings. The molecule has 1 saturated carbocycles. The Morgan fingerprint density at radius 2 is 2.16 bits per heavy atom. The van der Waals surface area contributed by atoms with Gasteiger partial charge in [-0.3, -0.25) is 9.69 Å². The van der Waals surface area contributed by atoms with Crippen molar-refractivity contribution in [2.24, 2.45) is 11.3 Å². The minimum absolute atomic E-state index is 0.208. The number of hydrogen-bond acceptors (Lipinski definition) is 3. The Bertz CT molecular complexity index is 329. The normalized spacial score (nSPS) is 32.1. The quantitative estimate of drug-likeness (QED) is 0.771. The van der Waals surface area contributed by atoms with Gasteiger partial charge in [-0.15, -0.1) is 0 Å². The molecule has 110 valence electrons. The standard InChI is InChI=1S/C15H27NO3/c1-4-8-16(9-5-6-12(17)18)13-11-7-10-19-14(11)15(13,2)3/h11,13-14H,4-10H2,1-3H3,(H,17,18)/t11-,13+,14-/m0/s1. The predicted molar refractivity (Wildman–Crippen MR) is 74.1 cm³/mol. The topological polar surface area (TPSA) is 49.8 Å². The lowest BCUT2D eigenvalue weighted by Gasteiger charge is -2.59. The van der Waals surface area contributed by atoms with E-state index in [4.69, 9.17) is 9.84 Å². The molecule has 4 heteroatoms. The molecule has 2 rings (SSSR count). The van der Waals surface area contributed by atoms with E-state index in [2.05, 4.69) is 25.7 Å². The Labute approximate surface area is 116 Å². The van der Waals surface area contributed by atoms with E-state index in [1.165, 1.54) is 0 Å². The number of carbonyl (C=O) groups is 1. The maximum atomic E-state index is 10.7. The van der Waals surface area contributed by atoms with Crippen molar-refractivity contribution < 1.29 is 14.6 Å². The molecule has 0 amide bonds. The van der Waals surface area contributed by atoms with Crippen LogP contribution in [0.3, 0.4) is 0 Å². The Morgan fingerprint density at radius 3 is 2.79 bits per heavy atom. The third kappa shape index (κ3) is 2.79. The van der Waals surface area contributed by atoms with Gasteiger partial charge in [-0.1, -0.05) is 20.8 Å². The van der Waals surface area contributed by atoms with Gasteiger partial charge < -0.3 is 9.84 Å². The van der Waals surface area contributed by atoms with Gasteiger partial charge in [-0.05, 0) is 32.4 Å². The smallest absolute Gasteiger partial charge is 0.303 e. The van der Waals surface area contributed by atoms with E-state index in [1.807, 2.05) is 0 Å². The van der Waals surface area contributed by atoms with Gasteiger partial charge in [0.25, 0.3) is 0 Å². The van der Waals surface area contributed by atoms with E-state index in [9.17, 15) is 4.79 Å². The summed E-state index contributed by atoms with van der Waals surface area (Å²) in [5.41, 5.74) is 0.208. The molecule has 1 aliphatic heterocycles. The van der Waals surface area contributed by atoms with Gasteiger partial charge in [0.05, 0.1) is 6.10 Å². The first-order valence-electron chi connectivity index (χ1n) is 7.56. The van der Waals surface area contributed by atoms with Gasteiger partial charge in [0.1, 0.15) is 0 Å². The van der Waals surface area contributed by atoms with Crippen LogP contribution in [0.1, 0.15) is 46.5 Å². The zero-order chi connectivity index (χ0) is 14.0. The van der Waals surface area contributed by atoms with Crippen LogP contribution < -0.4 is 0 Å².